The minimum atomic E-state index is -0.545. The molecular weight excluding hydrogens is 484 g/mol. The molecular formula is C27H25ClN2O6. The van der Waals surface area contributed by atoms with Gasteiger partial charge >= 0.3 is 6.09 Å². The van der Waals surface area contributed by atoms with E-state index in [1.807, 2.05) is 6.07 Å². The number of fused-ring (bicyclic) bond motifs is 1. The number of amides is 1. The minimum Gasteiger partial charge on any atom is -0.493 e. The van der Waals surface area contributed by atoms with Crippen LogP contribution in [-0.4, -0.2) is 38.5 Å². The van der Waals surface area contributed by atoms with Crippen LogP contribution < -0.4 is 24.3 Å². The van der Waals surface area contributed by atoms with Gasteiger partial charge in [0.2, 0.25) is 0 Å². The fourth-order valence-corrected chi connectivity index (χ4v) is 3.49. The third-order valence-corrected chi connectivity index (χ3v) is 5.39. The zero-order chi connectivity index (χ0) is 25.3. The van der Waals surface area contributed by atoms with Gasteiger partial charge in [-0.15, -0.1) is 0 Å². The van der Waals surface area contributed by atoms with E-state index in [4.69, 9.17) is 35.3 Å². The molecule has 0 radical (unpaired) electrons. The van der Waals surface area contributed by atoms with Crippen molar-refractivity contribution >= 4 is 34.3 Å². The average molecular weight is 509 g/mol. The molecule has 186 valence electrons. The van der Waals surface area contributed by atoms with Gasteiger partial charge in [0.25, 0.3) is 0 Å². The Balaban J connectivity index is 1.28. The first-order chi connectivity index (χ1) is 17.6. The summed E-state index contributed by atoms with van der Waals surface area (Å²) >= 11 is 5.85. The molecule has 0 unspecified atom stereocenters. The van der Waals surface area contributed by atoms with Crippen LogP contribution in [0.15, 0.2) is 72.9 Å². The number of anilines is 1. The van der Waals surface area contributed by atoms with Gasteiger partial charge in [0.1, 0.15) is 17.2 Å². The van der Waals surface area contributed by atoms with Crippen molar-refractivity contribution in [2.45, 2.75) is 6.42 Å². The Morgan fingerprint density at radius 3 is 2.28 bits per heavy atom. The highest BCUT2D eigenvalue weighted by atomic mass is 35.5. The number of carbonyl (C=O) groups excluding carboxylic acids is 1. The summed E-state index contributed by atoms with van der Waals surface area (Å²) in [6, 6.07) is 19.4. The summed E-state index contributed by atoms with van der Waals surface area (Å²) in [7, 11) is 3.15. The molecule has 8 nitrogen and oxygen atoms in total. The van der Waals surface area contributed by atoms with Crippen LogP contribution in [0, 0.1) is 0 Å². The SMILES string of the molecule is COc1cc2nccc(Oc3ccc(NC(=O)OCCCOc4ccc(Cl)cc4)cc3)c2cc1OC. The lowest BCUT2D eigenvalue weighted by Crippen LogP contribution is -2.15. The first kappa shape index (κ1) is 24.9. The third-order valence-electron chi connectivity index (χ3n) is 5.14. The molecule has 0 bridgehead atoms. The van der Waals surface area contributed by atoms with E-state index in [-0.39, 0.29) is 6.61 Å². The lowest BCUT2D eigenvalue weighted by atomic mass is 10.2. The number of aromatic nitrogens is 1. The average Bonchev–Trinajstić information content (AvgIpc) is 2.90. The van der Waals surface area contributed by atoms with Gasteiger partial charge in [0.15, 0.2) is 11.5 Å². The molecule has 1 N–H and O–H groups in total. The van der Waals surface area contributed by atoms with Gasteiger partial charge in [-0.05, 0) is 60.7 Å². The molecule has 0 aliphatic carbocycles. The normalized spacial score (nSPS) is 10.5. The van der Waals surface area contributed by atoms with Crippen LogP contribution >= 0.6 is 11.6 Å². The Kier molecular flexibility index (Phi) is 8.31. The van der Waals surface area contributed by atoms with Crippen molar-refractivity contribution in [3.63, 3.8) is 0 Å². The highest BCUT2D eigenvalue weighted by Gasteiger charge is 2.11. The number of nitrogens with one attached hydrogen (secondary N) is 1. The number of benzene rings is 3. The van der Waals surface area contributed by atoms with Crippen LogP contribution in [0.5, 0.6) is 28.7 Å². The maximum atomic E-state index is 12.1. The monoisotopic (exact) mass is 508 g/mol. The molecule has 1 aromatic heterocycles. The van der Waals surface area contributed by atoms with Crippen LogP contribution in [0.3, 0.4) is 0 Å². The lowest BCUT2D eigenvalue weighted by Gasteiger charge is -2.13. The third kappa shape index (κ3) is 6.49. The quantitative estimate of drug-likeness (QED) is 0.238. The van der Waals surface area contributed by atoms with E-state index < -0.39 is 6.09 Å². The number of ether oxygens (including phenoxy) is 5. The number of hydrogen-bond acceptors (Lipinski definition) is 7. The number of pyridine rings is 1. The maximum absolute atomic E-state index is 12.1. The predicted molar refractivity (Wildman–Crippen MR) is 138 cm³/mol. The van der Waals surface area contributed by atoms with E-state index in [2.05, 4.69) is 10.3 Å². The molecule has 4 aromatic rings. The van der Waals surface area contributed by atoms with Gasteiger partial charge in [-0.25, -0.2) is 4.79 Å². The molecule has 0 aliphatic heterocycles. The largest absolute Gasteiger partial charge is 0.493 e. The molecule has 9 heteroatoms. The van der Waals surface area contributed by atoms with Crippen molar-refractivity contribution in [2.24, 2.45) is 0 Å². The van der Waals surface area contributed by atoms with Gasteiger partial charge < -0.3 is 23.7 Å². The number of nitrogens with zero attached hydrogens (tertiary/aromatic N) is 1. The first-order valence-corrected chi connectivity index (χ1v) is 11.5. The van der Waals surface area contributed by atoms with Crippen LogP contribution in [0.4, 0.5) is 10.5 Å². The van der Waals surface area contributed by atoms with Gasteiger partial charge in [-0.3, -0.25) is 10.3 Å². The van der Waals surface area contributed by atoms with E-state index in [1.54, 1.807) is 81.1 Å². The van der Waals surface area contributed by atoms with Gasteiger partial charge in [-0.2, -0.15) is 0 Å². The highest BCUT2D eigenvalue weighted by molar-refractivity contribution is 6.30. The summed E-state index contributed by atoms with van der Waals surface area (Å²) in [6.07, 6.45) is 1.67. The summed E-state index contributed by atoms with van der Waals surface area (Å²) in [5.41, 5.74) is 1.29. The zero-order valence-electron chi connectivity index (χ0n) is 19.8. The van der Waals surface area contributed by atoms with Crippen molar-refractivity contribution in [1.29, 1.82) is 0 Å². The molecule has 3 aromatic carbocycles. The Morgan fingerprint density at radius 1 is 0.861 bits per heavy atom. The molecule has 0 fully saturated rings. The van der Waals surface area contributed by atoms with E-state index >= 15 is 0 Å². The van der Waals surface area contributed by atoms with Crippen LogP contribution in [0.1, 0.15) is 6.42 Å². The molecule has 0 aliphatic rings. The second-order valence-corrected chi connectivity index (χ2v) is 8.01. The van der Waals surface area contributed by atoms with E-state index in [0.29, 0.717) is 58.0 Å². The van der Waals surface area contributed by atoms with Crippen LogP contribution in [-0.2, 0) is 4.74 Å². The minimum absolute atomic E-state index is 0.226. The molecule has 0 saturated heterocycles. The summed E-state index contributed by atoms with van der Waals surface area (Å²) in [5.74, 6) is 3.09. The highest BCUT2D eigenvalue weighted by Crippen LogP contribution is 2.37. The second kappa shape index (κ2) is 12.0. The fourth-order valence-electron chi connectivity index (χ4n) is 3.37. The van der Waals surface area contributed by atoms with Crippen LogP contribution in [0.25, 0.3) is 10.9 Å². The predicted octanol–water partition coefficient (Wildman–Crippen LogP) is 6.72. The van der Waals surface area contributed by atoms with Crippen molar-refractivity contribution in [3.8, 4) is 28.7 Å². The van der Waals surface area contributed by atoms with Gasteiger partial charge in [0, 0.05) is 34.8 Å². The number of halogens is 1. The molecule has 0 saturated carbocycles. The Labute approximate surface area is 213 Å². The maximum Gasteiger partial charge on any atom is 0.411 e. The van der Waals surface area contributed by atoms with Crippen molar-refractivity contribution in [1.82, 2.24) is 4.98 Å². The van der Waals surface area contributed by atoms with E-state index in [1.165, 1.54) is 0 Å². The summed E-state index contributed by atoms with van der Waals surface area (Å²) in [6.45, 7) is 0.646. The first-order valence-electron chi connectivity index (χ1n) is 11.2. The van der Waals surface area contributed by atoms with E-state index in [9.17, 15) is 4.79 Å². The zero-order valence-corrected chi connectivity index (χ0v) is 20.6. The van der Waals surface area contributed by atoms with Crippen molar-refractivity contribution in [2.75, 3.05) is 32.8 Å². The molecule has 0 spiro atoms. The number of carbonyl (C=O) groups is 1. The van der Waals surface area contributed by atoms with Gasteiger partial charge in [-0.1, -0.05) is 11.6 Å². The smallest absolute Gasteiger partial charge is 0.411 e. The topological polar surface area (TPSA) is 88.1 Å². The van der Waals surface area contributed by atoms with E-state index in [0.717, 1.165) is 5.39 Å². The molecule has 1 heterocycles. The van der Waals surface area contributed by atoms with Crippen LogP contribution in [0.2, 0.25) is 5.02 Å². The molecule has 0 atom stereocenters. The Morgan fingerprint density at radius 2 is 1.56 bits per heavy atom. The summed E-state index contributed by atoms with van der Waals surface area (Å²) in [4.78, 5) is 16.4. The number of methoxy groups -OCH3 is 2. The summed E-state index contributed by atoms with van der Waals surface area (Å²) < 4.78 is 27.6. The standard InChI is InChI=1S/C27H25ClN2O6/c1-32-25-16-22-23(17-26(25)33-2)29-13-12-24(22)36-21-10-6-19(7-11-21)30-27(31)35-15-3-14-34-20-8-4-18(28)5-9-20/h4-13,16-17H,3,14-15H2,1-2H3,(H,30,31). The number of hydrogen-bond donors (Lipinski definition) is 1. The summed E-state index contributed by atoms with van der Waals surface area (Å²) in [5, 5.41) is 4.12. The lowest BCUT2D eigenvalue weighted by molar-refractivity contribution is 0.152. The number of rotatable bonds is 10. The Hall–Kier alpha value is -4.17. The van der Waals surface area contributed by atoms with Crippen molar-refractivity contribution < 1.29 is 28.5 Å². The molecule has 1 amide bonds. The van der Waals surface area contributed by atoms with Gasteiger partial charge in [0.05, 0.1) is 33.0 Å². The fraction of sp³-hybridized carbons (Fsp3) is 0.185. The van der Waals surface area contributed by atoms with Crippen molar-refractivity contribution in [3.05, 3.63) is 77.9 Å². The second-order valence-electron chi connectivity index (χ2n) is 7.58. The Bertz CT molecular complexity index is 1310. The molecule has 4 rings (SSSR count). The molecule has 36 heavy (non-hydrogen) atoms.